The molecule has 1 amide bonds. The normalized spacial score (nSPS) is 10.2. The molecule has 1 aromatic heterocycles. The van der Waals surface area contributed by atoms with E-state index in [1.165, 1.54) is 17.4 Å². The van der Waals surface area contributed by atoms with Crippen LogP contribution in [-0.4, -0.2) is 17.0 Å². The summed E-state index contributed by atoms with van der Waals surface area (Å²) < 4.78 is 1.18. The van der Waals surface area contributed by atoms with Gasteiger partial charge >= 0.3 is 5.97 Å². The summed E-state index contributed by atoms with van der Waals surface area (Å²) in [5, 5.41) is 13.5. The molecule has 0 saturated carbocycles. The summed E-state index contributed by atoms with van der Waals surface area (Å²) in [4.78, 5) is 23.5. The molecule has 1 aromatic carbocycles. The van der Waals surface area contributed by atoms with Gasteiger partial charge in [-0.1, -0.05) is 0 Å². The Bertz CT molecular complexity index is 654. The summed E-state index contributed by atoms with van der Waals surface area (Å²) >= 11 is 7.73. The van der Waals surface area contributed by atoms with Crippen LogP contribution in [0, 0.1) is 0 Å². The molecule has 1 heterocycles. The first-order chi connectivity index (χ1) is 8.99. The van der Waals surface area contributed by atoms with Crippen molar-refractivity contribution in [1.29, 1.82) is 0 Å². The zero-order chi connectivity index (χ0) is 14.0. The molecule has 0 spiro atoms. The number of aromatic carboxylic acids is 1. The highest BCUT2D eigenvalue weighted by atomic mass is 79.9. The van der Waals surface area contributed by atoms with Gasteiger partial charge in [0.1, 0.15) is 4.88 Å². The van der Waals surface area contributed by atoms with E-state index in [4.69, 9.17) is 5.11 Å². The Labute approximate surface area is 129 Å². The first-order valence-electron chi connectivity index (χ1n) is 5.06. The van der Waals surface area contributed by atoms with Gasteiger partial charge in [-0.2, -0.15) is 0 Å². The van der Waals surface area contributed by atoms with Gasteiger partial charge in [-0.15, -0.1) is 11.3 Å². The average molecular weight is 405 g/mol. The molecule has 0 aliphatic rings. The van der Waals surface area contributed by atoms with Gasteiger partial charge in [0.25, 0.3) is 5.91 Å². The lowest BCUT2D eigenvalue weighted by molar-refractivity contribution is 0.0695. The van der Waals surface area contributed by atoms with Crippen molar-refractivity contribution in [2.75, 3.05) is 5.32 Å². The van der Waals surface area contributed by atoms with Gasteiger partial charge < -0.3 is 10.4 Å². The molecule has 0 fully saturated rings. The van der Waals surface area contributed by atoms with Gasteiger partial charge in [-0.05, 0) is 61.5 Å². The number of thiophene rings is 1. The summed E-state index contributed by atoms with van der Waals surface area (Å²) in [7, 11) is 0. The molecule has 0 unspecified atom stereocenters. The molecule has 0 aliphatic heterocycles. The molecular formula is C12H7Br2NO3S. The third kappa shape index (κ3) is 3.23. The fourth-order valence-electron chi connectivity index (χ4n) is 1.41. The van der Waals surface area contributed by atoms with Gasteiger partial charge in [-0.25, -0.2) is 4.79 Å². The summed E-state index contributed by atoms with van der Waals surface area (Å²) in [6.07, 6.45) is 0. The predicted octanol–water partition coefficient (Wildman–Crippen LogP) is 4.22. The van der Waals surface area contributed by atoms with E-state index in [0.717, 1.165) is 0 Å². The van der Waals surface area contributed by atoms with Gasteiger partial charge in [0, 0.05) is 14.6 Å². The molecule has 98 valence electrons. The second kappa shape index (κ2) is 5.85. The second-order valence-corrected chi connectivity index (χ2v) is 6.18. The third-order valence-electron chi connectivity index (χ3n) is 2.28. The Kier molecular flexibility index (Phi) is 4.38. The third-order valence-corrected chi connectivity index (χ3v) is 4.81. The maximum absolute atomic E-state index is 12.0. The maximum Gasteiger partial charge on any atom is 0.336 e. The van der Waals surface area contributed by atoms with E-state index in [0.29, 0.717) is 19.5 Å². The van der Waals surface area contributed by atoms with Crippen LogP contribution < -0.4 is 5.32 Å². The van der Waals surface area contributed by atoms with E-state index in [2.05, 4.69) is 37.2 Å². The molecule has 0 saturated heterocycles. The Morgan fingerprint density at radius 3 is 2.47 bits per heavy atom. The van der Waals surface area contributed by atoms with Crippen molar-refractivity contribution < 1.29 is 14.7 Å². The van der Waals surface area contributed by atoms with E-state index >= 15 is 0 Å². The largest absolute Gasteiger partial charge is 0.478 e. The Morgan fingerprint density at radius 1 is 1.16 bits per heavy atom. The van der Waals surface area contributed by atoms with Gasteiger partial charge in [0.05, 0.1) is 5.56 Å². The van der Waals surface area contributed by atoms with Gasteiger partial charge in [0.15, 0.2) is 0 Å². The highest BCUT2D eigenvalue weighted by Crippen LogP contribution is 2.25. The zero-order valence-corrected chi connectivity index (χ0v) is 13.3. The van der Waals surface area contributed by atoms with Crippen LogP contribution in [0.15, 0.2) is 38.6 Å². The topological polar surface area (TPSA) is 66.4 Å². The van der Waals surface area contributed by atoms with Crippen molar-refractivity contribution in [2.45, 2.75) is 0 Å². The van der Waals surface area contributed by atoms with Crippen molar-refractivity contribution in [1.82, 2.24) is 0 Å². The van der Waals surface area contributed by atoms with Crippen LogP contribution in [0.4, 0.5) is 5.69 Å². The summed E-state index contributed by atoms with van der Waals surface area (Å²) in [5.74, 6) is -1.33. The molecule has 0 bridgehead atoms. The number of carbonyl (C=O) groups excluding carboxylic acids is 1. The average Bonchev–Trinajstić information content (AvgIpc) is 2.77. The fourth-order valence-corrected chi connectivity index (χ4v) is 3.27. The first kappa shape index (κ1) is 14.2. The van der Waals surface area contributed by atoms with Gasteiger partial charge in [-0.3, -0.25) is 4.79 Å². The molecule has 0 atom stereocenters. The molecule has 2 aromatic rings. The van der Waals surface area contributed by atoms with Crippen LogP contribution in [-0.2, 0) is 0 Å². The highest BCUT2D eigenvalue weighted by Gasteiger charge is 2.14. The minimum atomic E-state index is -1.06. The fraction of sp³-hybridized carbons (Fsp3) is 0. The van der Waals surface area contributed by atoms with Gasteiger partial charge in [0.2, 0.25) is 0 Å². The van der Waals surface area contributed by atoms with Crippen LogP contribution in [0.5, 0.6) is 0 Å². The van der Waals surface area contributed by atoms with Crippen molar-refractivity contribution in [3.8, 4) is 0 Å². The number of rotatable bonds is 3. The van der Waals surface area contributed by atoms with E-state index < -0.39 is 5.97 Å². The van der Waals surface area contributed by atoms with Crippen molar-refractivity contribution >= 4 is 60.8 Å². The molecule has 19 heavy (non-hydrogen) atoms. The SMILES string of the molecule is O=C(O)c1cc(NC(=O)c2sccc2Br)ccc1Br. The smallest absolute Gasteiger partial charge is 0.336 e. The van der Waals surface area contributed by atoms with Crippen LogP contribution in [0.2, 0.25) is 0 Å². The summed E-state index contributed by atoms with van der Waals surface area (Å²) in [5.41, 5.74) is 0.536. The molecule has 2 N–H and O–H groups in total. The number of nitrogens with one attached hydrogen (secondary N) is 1. The second-order valence-electron chi connectivity index (χ2n) is 3.55. The number of carboxylic acids is 1. The lowest BCUT2D eigenvalue weighted by Gasteiger charge is -2.06. The molecule has 0 radical (unpaired) electrons. The predicted molar refractivity (Wildman–Crippen MR) is 81.1 cm³/mol. The maximum atomic E-state index is 12.0. The van der Waals surface area contributed by atoms with E-state index in [-0.39, 0.29) is 11.5 Å². The number of carbonyl (C=O) groups is 2. The van der Waals surface area contributed by atoms with Crippen LogP contribution in [0.3, 0.4) is 0 Å². The number of halogens is 2. The number of benzene rings is 1. The number of anilines is 1. The van der Waals surface area contributed by atoms with E-state index in [1.54, 1.807) is 23.6 Å². The number of hydrogen-bond donors (Lipinski definition) is 2. The number of hydrogen-bond acceptors (Lipinski definition) is 3. The molecule has 0 aliphatic carbocycles. The van der Waals surface area contributed by atoms with E-state index in [9.17, 15) is 9.59 Å². The monoisotopic (exact) mass is 403 g/mol. The van der Waals surface area contributed by atoms with Crippen LogP contribution >= 0.6 is 43.2 Å². The minimum absolute atomic E-state index is 0.100. The molecule has 2 rings (SSSR count). The highest BCUT2D eigenvalue weighted by molar-refractivity contribution is 9.10. The number of amides is 1. The molecule has 4 nitrogen and oxygen atoms in total. The molecular weight excluding hydrogens is 398 g/mol. The van der Waals surface area contributed by atoms with Crippen LogP contribution in [0.1, 0.15) is 20.0 Å². The zero-order valence-electron chi connectivity index (χ0n) is 9.31. The Balaban J connectivity index is 2.25. The first-order valence-corrected chi connectivity index (χ1v) is 7.53. The lowest BCUT2D eigenvalue weighted by Crippen LogP contribution is -2.11. The van der Waals surface area contributed by atoms with Crippen molar-refractivity contribution in [2.24, 2.45) is 0 Å². The quantitative estimate of drug-likeness (QED) is 0.804. The summed E-state index contributed by atoms with van der Waals surface area (Å²) in [6.45, 7) is 0. The Hall–Kier alpha value is -1.18. The summed E-state index contributed by atoms with van der Waals surface area (Å²) in [6, 6.07) is 6.41. The lowest BCUT2D eigenvalue weighted by atomic mass is 10.2. The van der Waals surface area contributed by atoms with Crippen molar-refractivity contribution in [3.63, 3.8) is 0 Å². The van der Waals surface area contributed by atoms with Crippen molar-refractivity contribution in [3.05, 3.63) is 49.0 Å². The Morgan fingerprint density at radius 2 is 1.89 bits per heavy atom. The number of carboxylic acid groups (broad SMARTS) is 1. The minimum Gasteiger partial charge on any atom is -0.478 e. The van der Waals surface area contributed by atoms with E-state index in [1.807, 2.05) is 0 Å². The van der Waals surface area contributed by atoms with Crippen LogP contribution in [0.25, 0.3) is 0 Å². The standard InChI is InChI=1S/C12H7Br2NO3S/c13-8-2-1-6(5-7(8)12(17)18)15-11(16)10-9(14)3-4-19-10/h1-5H,(H,15,16)(H,17,18). The molecule has 7 heteroatoms.